The number of benzene rings is 1. The Labute approximate surface area is 126 Å². The molecule has 1 saturated heterocycles. The minimum atomic E-state index is -3.56. The molecule has 0 radical (unpaired) electrons. The second-order valence-corrected chi connectivity index (χ2v) is 7.14. The summed E-state index contributed by atoms with van der Waals surface area (Å²) in [7, 11) is -3.56. The summed E-state index contributed by atoms with van der Waals surface area (Å²) in [5, 5.41) is 9.32. The van der Waals surface area contributed by atoms with Gasteiger partial charge in [0.1, 0.15) is 5.75 Å². The first kappa shape index (κ1) is 16.1. The highest BCUT2D eigenvalue weighted by molar-refractivity contribution is 7.89. The number of piperidine rings is 1. The van der Waals surface area contributed by atoms with Gasteiger partial charge in [-0.25, -0.2) is 13.1 Å². The summed E-state index contributed by atoms with van der Waals surface area (Å²) in [6, 6.07) is 3.90. The molecule has 1 aromatic carbocycles. The molecule has 0 unspecified atom stereocenters. The number of hydrogen-bond donors (Lipinski definition) is 3. The number of nitrogens with zero attached hydrogens (tertiary/aromatic N) is 1. The Bertz CT molecular complexity index is 569. The summed E-state index contributed by atoms with van der Waals surface area (Å²) in [5.74, 6) is -0.112. The van der Waals surface area contributed by atoms with E-state index in [1.807, 2.05) is 0 Å². The van der Waals surface area contributed by atoms with Gasteiger partial charge in [-0.3, -0.25) is 0 Å². The maximum absolute atomic E-state index is 12.1. The van der Waals surface area contributed by atoms with Crippen molar-refractivity contribution in [2.45, 2.75) is 30.6 Å². The van der Waals surface area contributed by atoms with Crippen LogP contribution < -0.4 is 10.5 Å². The largest absolute Gasteiger partial charge is 0.506 e. The third-order valence-electron chi connectivity index (χ3n) is 3.70. The van der Waals surface area contributed by atoms with E-state index in [1.54, 1.807) is 0 Å². The van der Waals surface area contributed by atoms with Gasteiger partial charge in [0.25, 0.3) is 0 Å². The number of anilines is 1. The first-order chi connectivity index (χ1) is 9.99. The molecule has 0 spiro atoms. The number of hydrogen-bond acceptors (Lipinski definition) is 5. The Morgan fingerprint density at radius 1 is 1.24 bits per heavy atom. The van der Waals surface area contributed by atoms with Crippen LogP contribution in [-0.4, -0.2) is 44.6 Å². The lowest BCUT2D eigenvalue weighted by Crippen LogP contribution is -2.33. The van der Waals surface area contributed by atoms with E-state index in [-0.39, 0.29) is 16.3 Å². The molecule has 0 aromatic heterocycles. The van der Waals surface area contributed by atoms with E-state index in [4.69, 9.17) is 5.73 Å². The molecule has 1 heterocycles. The van der Waals surface area contributed by atoms with Crippen LogP contribution in [0.15, 0.2) is 23.1 Å². The van der Waals surface area contributed by atoms with Gasteiger partial charge in [-0.15, -0.1) is 0 Å². The van der Waals surface area contributed by atoms with Crippen molar-refractivity contribution in [1.29, 1.82) is 0 Å². The molecule has 1 aliphatic heterocycles. The highest BCUT2D eigenvalue weighted by Crippen LogP contribution is 2.22. The van der Waals surface area contributed by atoms with Crippen molar-refractivity contribution in [1.82, 2.24) is 9.62 Å². The fourth-order valence-electron chi connectivity index (χ4n) is 2.48. The molecule has 4 N–H and O–H groups in total. The molecule has 1 fully saturated rings. The normalized spacial score (nSPS) is 17.0. The zero-order chi connectivity index (χ0) is 15.3. The number of nitrogens with two attached hydrogens (primary N) is 1. The number of phenols is 1. The molecule has 2 rings (SSSR count). The van der Waals surface area contributed by atoms with E-state index in [1.165, 1.54) is 37.5 Å². The van der Waals surface area contributed by atoms with Crippen LogP contribution in [0.1, 0.15) is 25.7 Å². The minimum Gasteiger partial charge on any atom is -0.506 e. The van der Waals surface area contributed by atoms with Crippen molar-refractivity contribution < 1.29 is 13.5 Å². The number of aromatic hydroxyl groups is 1. The number of rotatable bonds is 6. The quantitative estimate of drug-likeness (QED) is 0.416. The lowest BCUT2D eigenvalue weighted by molar-refractivity contribution is 0.227. The molecule has 0 amide bonds. The van der Waals surface area contributed by atoms with Crippen molar-refractivity contribution >= 4 is 15.7 Å². The van der Waals surface area contributed by atoms with E-state index in [2.05, 4.69) is 9.62 Å². The second-order valence-electron chi connectivity index (χ2n) is 5.37. The van der Waals surface area contributed by atoms with Crippen LogP contribution in [-0.2, 0) is 10.0 Å². The van der Waals surface area contributed by atoms with Gasteiger partial charge in [-0.05, 0) is 57.1 Å². The SMILES string of the molecule is Nc1cc(S(=O)(=O)NCCCN2CCCCC2)ccc1O. The zero-order valence-electron chi connectivity index (χ0n) is 12.1. The van der Waals surface area contributed by atoms with Crippen LogP contribution in [0, 0.1) is 0 Å². The lowest BCUT2D eigenvalue weighted by atomic mass is 10.1. The smallest absolute Gasteiger partial charge is 0.240 e. The Kier molecular flexibility index (Phi) is 5.44. The number of nitrogen functional groups attached to an aromatic ring is 1. The Morgan fingerprint density at radius 3 is 2.62 bits per heavy atom. The van der Waals surface area contributed by atoms with Gasteiger partial charge in [0.15, 0.2) is 0 Å². The molecule has 118 valence electrons. The summed E-state index contributed by atoms with van der Waals surface area (Å²) >= 11 is 0. The van der Waals surface area contributed by atoms with Gasteiger partial charge >= 0.3 is 0 Å². The van der Waals surface area contributed by atoms with Crippen LogP contribution in [0.3, 0.4) is 0 Å². The van der Waals surface area contributed by atoms with Gasteiger partial charge in [0, 0.05) is 6.54 Å². The molecule has 7 heteroatoms. The summed E-state index contributed by atoms with van der Waals surface area (Å²) in [6.07, 6.45) is 4.55. The van der Waals surface area contributed by atoms with Gasteiger partial charge in [-0.2, -0.15) is 0 Å². The predicted octanol–water partition coefficient (Wildman–Crippen LogP) is 1.13. The van der Waals surface area contributed by atoms with E-state index in [9.17, 15) is 13.5 Å². The predicted molar refractivity (Wildman–Crippen MR) is 82.6 cm³/mol. The van der Waals surface area contributed by atoms with Crippen molar-refractivity contribution in [3.05, 3.63) is 18.2 Å². The third kappa shape index (κ3) is 4.59. The zero-order valence-corrected chi connectivity index (χ0v) is 12.9. The van der Waals surface area contributed by atoms with Crippen molar-refractivity contribution in [3.8, 4) is 5.75 Å². The Morgan fingerprint density at radius 2 is 1.95 bits per heavy atom. The number of nitrogens with one attached hydrogen (secondary N) is 1. The number of likely N-dealkylation sites (tertiary alicyclic amines) is 1. The first-order valence-electron chi connectivity index (χ1n) is 7.29. The summed E-state index contributed by atoms with van der Waals surface area (Å²) < 4.78 is 26.7. The molecule has 0 bridgehead atoms. The lowest BCUT2D eigenvalue weighted by Gasteiger charge is -2.26. The molecule has 6 nitrogen and oxygen atoms in total. The van der Waals surface area contributed by atoms with Crippen LogP contribution in [0.2, 0.25) is 0 Å². The van der Waals surface area contributed by atoms with E-state index >= 15 is 0 Å². The van der Waals surface area contributed by atoms with Crippen LogP contribution in [0.4, 0.5) is 5.69 Å². The van der Waals surface area contributed by atoms with Crippen LogP contribution in [0.25, 0.3) is 0 Å². The summed E-state index contributed by atoms with van der Waals surface area (Å²) in [5.41, 5.74) is 5.58. The van der Waals surface area contributed by atoms with Crippen LogP contribution >= 0.6 is 0 Å². The van der Waals surface area contributed by atoms with Crippen molar-refractivity contribution in [2.75, 3.05) is 31.9 Å². The maximum atomic E-state index is 12.1. The number of sulfonamides is 1. The Hall–Kier alpha value is -1.31. The summed E-state index contributed by atoms with van der Waals surface area (Å²) in [6.45, 7) is 3.54. The first-order valence-corrected chi connectivity index (χ1v) is 8.78. The van der Waals surface area contributed by atoms with Gasteiger partial charge in [0.05, 0.1) is 10.6 Å². The topological polar surface area (TPSA) is 95.7 Å². The van der Waals surface area contributed by atoms with Crippen LogP contribution in [0.5, 0.6) is 5.75 Å². The van der Waals surface area contributed by atoms with E-state index < -0.39 is 10.0 Å². The molecule has 21 heavy (non-hydrogen) atoms. The molecule has 1 aliphatic rings. The van der Waals surface area contributed by atoms with Gasteiger partial charge in [-0.1, -0.05) is 6.42 Å². The van der Waals surface area contributed by atoms with Crippen molar-refractivity contribution in [2.24, 2.45) is 0 Å². The standard InChI is InChI=1S/C14H23N3O3S/c15-13-11-12(5-6-14(13)18)21(19,20)16-7-4-10-17-8-2-1-3-9-17/h5-6,11,16,18H,1-4,7-10,15H2. The minimum absolute atomic E-state index is 0.0613. The van der Waals surface area contributed by atoms with Gasteiger partial charge < -0.3 is 15.7 Å². The molecule has 0 saturated carbocycles. The second kappa shape index (κ2) is 7.11. The summed E-state index contributed by atoms with van der Waals surface area (Å²) in [4.78, 5) is 2.45. The highest BCUT2D eigenvalue weighted by atomic mass is 32.2. The maximum Gasteiger partial charge on any atom is 0.240 e. The average molecular weight is 313 g/mol. The molecule has 0 aliphatic carbocycles. The average Bonchev–Trinajstić information content (AvgIpc) is 2.47. The molecule has 1 aromatic rings. The molecular formula is C14H23N3O3S. The monoisotopic (exact) mass is 313 g/mol. The fourth-order valence-corrected chi connectivity index (χ4v) is 3.58. The highest BCUT2D eigenvalue weighted by Gasteiger charge is 2.15. The number of phenolic OH excluding ortho intramolecular Hbond substituents is 1. The van der Waals surface area contributed by atoms with E-state index in [0.717, 1.165) is 26.1 Å². The van der Waals surface area contributed by atoms with Gasteiger partial charge in [0.2, 0.25) is 10.0 Å². The Balaban J connectivity index is 1.82. The fraction of sp³-hybridized carbons (Fsp3) is 0.571. The molecule has 0 atom stereocenters. The molecular weight excluding hydrogens is 290 g/mol. The van der Waals surface area contributed by atoms with Crippen molar-refractivity contribution in [3.63, 3.8) is 0 Å². The third-order valence-corrected chi connectivity index (χ3v) is 5.16. The van der Waals surface area contributed by atoms with E-state index in [0.29, 0.717) is 6.54 Å².